The van der Waals surface area contributed by atoms with Gasteiger partial charge in [-0.3, -0.25) is 0 Å². The molecule has 0 heterocycles. The van der Waals surface area contributed by atoms with Crippen molar-refractivity contribution < 1.29 is 0 Å². The molecule has 1 aliphatic rings. The third-order valence-electron chi connectivity index (χ3n) is 3.98. The van der Waals surface area contributed by atoms with Gasteiger partial charge >= 0.3 is 0 Å². The first-order valence-electron chi connectivity index (χ1n) is 6.42. The van der Waals surface area contributed by atoms with Gasteiger partial charge in [0.25, 0.3) is 0 Å². The van der Waals surface area contributed by atoms with E-state index in [4.69, 9.17) is 5.73 Å². The smallest absolute Gasteiger partial charge is 0.00923 e. The van der Waals surface area contributed by atoms with Crippen molar-refractivity contribution in [3.8, 4) is 0 Å². The summed E-state index contributed by atoms with van der Waals surface area (Å²) in [5, 5.41) is 0. The largest absolute Gasteiger partial charge is 0.330 e. The molecule has 15 heavy (non-hydrogen) atoms. The van der Waals surface area contributed by atoms with Crippen LogP contribution in [0, 0.1) is 11.3 Å². The fourth-order valence-electron chi connectivity index (χ4n) is 2.53. The van der Waals surface area contributed by atoms with Gasteiger partial charge in [-0.2, -0.15) is 0 Å². The van der Waals surface area contributed by atoms with Gasteiger partial charge in [0.05, 0.1) is 0 Å². The van der Waals surface area contributed by atoms with Crippen molar-refractivity contribution in [1.82, 2.24) is 4.90 Å². The minimum Gasteiger partial charge on any atom is -0.330 e. The zero-order chi connectivity index (χ0) is 11.5. The Morgan fingerprint density at radius 3 is 2.47 bits per heavy atom. The molecule has 2 unspecified atom stereocenters. The topological polar surface area (TPSA) is 29.3 Å². The third kappa shape index (κ3) is 3.76. The molecule has 0 aromatic carbocycles. The van der Waals surface area contributed by atoms with Gasteiger partial charge in [0, 0.05) is 12.6 Å². The van der Waals surface area contributed by atoms with Crippen LogP contribution >= 0.6 is 0 Å². The highest BCUT2D eigenvalue weighted by molar-refractivity contribution is 4.87. The molecule has 0 aromatic rings. The van der Waals surface area contributed by atoms with E-state index in [1.54, 1.807) is 0 Å². The van der Waals surface area contributed by atoms with E-state index in [0.29, 0.717) is 5.41 Å². The SMILES string of the molecule is CCCC(C)(CN)CN(C)C(C)C1CC1. The van der Waals surface area contributed by atoms with Gasteiger partial charge in [0.15, 0.2) is 0 Å². The molecular weight excluding hydrogens is 184 g/mol. The molecule has 2 atom stereocenters. The van der Waals surface area contributed by atoms with Gasteiger partial charge in [-0.1, -0.05) is 20.3 Å². The predicted molar refractivity (Wildman–Crippen MR) is 66.9 cm³/mol. The maximum Gasteiger partial charge on any atom is 0.00923 e. The molecule has 1 rings (SSSR count). The van der Waals surface area contributed by atoms with Crippen molar-refractivity contribution in [3.05, 3.63) is 0 Å². The molecule has 1 fully saturated rings. The van der Waals surface area contributed by atoms with Crippen molar-refractivity contribution in [3.63, 3.8) is 0 Å². The first kappa shape index (κ1) is 13.0. The molecular formula is C13H28N2. The Balaban J connectivity index is 2.42. The van der Waals surface area contributed by atoms with E-state index in [1.165, 1.54) is 25.7 Å². The Bertz CT molecular complexity index is 189. The van der Waals surface area contributed by atoms with Crippen LogP contribution in [0.5, 0.6) is 0 Å². The Labute approximate surface area is 95.2 Å². The number of rotatable bonds is 7. The number of hydrogen-bond acceptors (Lipinski definition) is 2. The highest BCUT2D eigenvalue weighted by Crippen LogP contribution is 2.36. The van der Waals surface area contributed by atoms with Crippen molar-refractivity contribution >= 4 is 0 Å². The van der Waals surface area contributed by atoms with Crippen molar-refractivity contribution in [2.75, 3.05) is 20.1 Å². The molecule has 1 saturated carbocycles. The van der Waals surface area contributed by atoms with Gasteiger partial charge in [-0.25, -0.2) is 0 Å². The van der Waals surface area contributed by atoms with Crippen molar-refractivity contribution in [2.24, 2.45) is 17.1 Å². The van der Waals surface area contributed by atoms with E-state index < -0.39 is 0 Å². The van der Waals surface area contributed by atoms with Crippen LogP contribution in [-0.4, -0.2) is 31.1 Å². The number of nitrogens with two attached hydrogens (primary N) is 1. The normalized spacial score (nSPS) is 22.8. The van der Waals surface area contributed by atoms with Gasteiger partial charge in [0.1, 0.15) is 0 Å². The average molecular weight is 212 g/mol. The lowest BCUT2D eigenvalue weighted by Crippen LogP contribution is -2.43. The zero-order valence-corrected chi connectivity index (χ0v) is 10.9. The Morgan fingerprint density at radius 2 is 2.07 bits per heavy atom. The number of nitrogens with zero attached hydrogens (tertiary/aromatic N) is 1. The summed E-state index contributed by atoms with van der Waals surface area (Å²) in [6.07, 6.45) is 5.34. The predicted octanol–water partition coefficient (Wildman–Crippen LogP) is 2.48. The lowest BCUT2D eigenvalue weighted by Gasteiger charge is -2.35. The second-order valence-electron chi connectivity index (χ2n) is 5.76. The summed E-state index contributed by atoms with van der Waals surface area (Å²) in [5.74, 6) is 0.957. The lowest BCUT2D eigenvalue weighted by atomic mass is 9.85. The molecule has 0 aromatic heterocycles. The molecule has 0 spiro atoms. The molecule has 0 amide bonds. The quantitative estimate of drug-likeness (QED) is 0.702. The molecule has 0 bridgehead atoms. The highest BCUT2D eigenvalue weighted by Gasteiger charge is 2.33. The summed E-state index contributed by atoms with van der Waals surface area (Å²) in [6.45, 7) is 8.89. The summed E-state index contributed by atoms with van der Waals surface area (Å²) in [6, 6.07) is 0.743. The van der Waals surface area contributed by atoms with E-state index in [2.05, 4.69) is 32.7 Å². The van der Waals surface area contributed by atoms with Crippen LogP contribution in [0.25, 0.3) is 0 Å². The van der Waals surface area contributed by atoms with Crippen LogP contribution < -0.4 is 5.73 Å². The second kappa shape index (κ2) is 5.31. The molecule has 1 aliphatic carbocycles. The molecule has 2 N–H and O–H groups in total. The van der Waals surface area contributed by atoms with E-state index in [0.717, 1.165) is 25.0 Å². The van der Waals surface area contributed by atoms with Crippen LogP contribution in [0.15, 0.2) is 0 Å². The van der Waals surface area contributed by atoms with Crippen LogP contribution in [0.2, 0.25) is 0 Å². The maximum atomic E-state index is 5.91. The monoisotopic (exact) mass is 212 g/mol. The first-order valence-corrected chi connectivity index (χ1v) is 6.42. The Morgan fingerprint density at radius 1 is 1.47 bits per heavy atom. The maximum absolute atomic E-state index is 5.91. The van der Waals surface area contributed by atoms with E-state index in [1.807, 2.05) is 0 Å². The van der Waals surface area contributed by atoms with Crippen LogP contribution in [0.4, 0.5) is 0 Å². The van der Waals surface area contributed by atoms with E-state index >= 15 is 0 Å². The van der Waals surface area contributed by atoms with Crippen LogP contribution in [0.3, 0.4) is 0 Å². The summed E-state index contributed by atoms with van der Waals surface area (Å²) in [7, 11) is 2.26. The van der Waals surface area contributed by atoms with Crippen LogP contribution in [-0.2, 0) is 0 Å². The van der Waals surface area contributed by atoms with Gasteiger partial charge < -0.3 is 10.6 Å². The van der Waals surface area contributed by atoms with Crippen molar-refractivity contribution in [2.45, 2.75) is 52.5 Å². The summed E-state index contributed by atoms with van der Waals surface area (Å²) in [5.41, 5.74) is 6.22. The molecule has 0 radical (unpaired) electrons. The first-order chi connectivity index (χ1) is 7.02. The Kier molecular flexibility index (Phi) is 4.60. The molecule has 2 heteroatoms. The minimum absolute atomic E-state index is 0.312. The summed E-state index contributed by atoms with van der Waals surface area (Å²) < 4.78 is 0. The van der Waals surface area contributed by atoms with Crippen molar-refractivity contribution in [1.29, 1.82) is 0 Å². The fourth-order valence-corrected chi connectivity index (χ4v) is 2.53. The van der Waals surface area contributed by atoms with Gasteiger partial charge in [0.2, 0.25) is 0 Å². The lowest BCUT2D eigenvalue weighted by molar-refractivity contribution is 0.140. The minimum atomic E-state index is 0.312. The zero-order valence-electron chi connectivity index (χ0n) is 10.9. The number of hydrogen-bond donors (Lipinski definition) is 1. The van der Waals surface area contributed by atoms with E-state index in [9.17, 15) is 0 Å². The molecule has 0 saturated heterocycles. The van der Waals surface area contributed by atoms with Crippen LogP contribution in [0.1, 0.15) is 46.5 Å². The second-order valence-corrected chi connectivity index (χ2v) is 5.76. The summed E-state index contributed by atoms with van der Waals surface area (Å²) >= 11 is 0. The molecule has 0 aliphatic heterocycles. The van der Waals surface area contributed by atoms with E-state index in [-0.39, 0.29) is 0 Å². The van der Waals surface area contributed by atoms with Gasteiger partial charge in [-0.15, -0.1) is 0 Å². The molecule has 90 valence electrons. The van der Waals surface area contributed by atoms with Gasteiger partial charge in [-0.05, 0) is 51.1 Å². The summed E-state index contributed by atoms with van der Waals surface area (Å²) in [4.78, 5) is 2.51. The highest BCUT2D eigenvalue weighted by atomic mass is 15.1. The standard InChI is InChI=1S/C13H28N2/c1-5-8-13(3,9-14)10-15(4)11(2)12-6-7-12/h11-12H,5-10,14H2,1-4H3. The third-order valence-corrected chi connectivity index (χ3v) is 3.98. The average Bonchev–Trinajstić information content (AvgIpc) is 3.00. The Hall–Kier alpha value is -0.0800. The fraction of sp³-hybridized carbons (Fsp3) is 1.00. The molecule has 2 nitrogen and oxygen atoms in total.